The van der Waals surface area contributed by atoms with Crippen molar-refractivity contribution in [3.63, 3.8) is 0 Å². The van der Waals surface area contributed by atoms with Gasteiger partial charge in [-0.1, -0.05) is 0 Å². The zero-order chi connectivity index (χ0) is 14.2. The van der Waals surface area contributed by atoms with E-state index in [1.165, 1.54) is 0 Å². The number of nitrogens with zero attached hydrogens (tertiary/aromatic N) is 3. The number of fused-ring (bicyclic) bond motifs is 1. The first kappa shape index (κ1) is 13.6. The minimum absolute atomic E-state index is 0.179. The van der Waals surface area contributed by atoms with E-state index in [2.05, 4.69) is 10.4 Å². The number of nitrogens with one attached hydrogen (secondary N) is 1. The first-order valence-electron chi connectivity index (χ1n) is 7.14. The van der Waals surface area contributed by atoms with Crippen LogP contribution in [0.1, 0.15) is 12.1 Å². The maximum absolute atomic E-state index is 12.9. The molecule has 6 heteroatoms. The van der Waals surface area contributed by atoms with Crippen LogP contribution in [0.3, 0.4) is 0 Å². The molecule has 0 bridgehead atoms. The molecule has 2 saturated heterocycles. The summed E-state index contributed by atoms with van der Waals surface area (Å²) >= 11 is 0. The molecule has 2 aliphatic rings. The Morgan fingerprint density at radius 3 is 3.30 bits per heavy atom. The highest BCUT2D eigenvalue weighted by molar-refractivity contribution is 5.84. The fraction of sp³-hybridized carbons (Fsp3) is 0.714. The van der Waals surface area contributed by atoms with Gasteiger partial charge >= 0.3 is 0 Å². The molecule has 0 unspecified atom stereocenters. The Bertz CT molecular complexity index is 501. The smallest absolute Gasteiger partial charge is 0.232 e. The van der Waals surface area contributed by atoms with Crippen molar-refractivity contribution in [3.05, 3.63) is 18.0 Å². The molecule has 0 aromatic carbocycles. The summed E-state index contributed by atoms with van der Waals surface area (Å²) in [5.41, 5.74) is 0.542. The quantitative estimate of drug-likeness (QED) is 0.846. The molecule has 1 aromatic heterocycles. The molecule has 0 saturated carbocycles. The standard InChI is InChI=1S/C14H22N4O2/c1-17(8-12-3-5-18(2)16-12)13(19)14-9-15-7-11(14)4-6-20-10-14/h3,5,11,15H,4,6-10H2,1-2H3/t11-,14+/m1/s1. The SMILES string of the molecule is CN(Cc1ccn(C)n1)C(=O)[C@]12CNC[C@H]1CCOC2. The maximum Gasteiger partial charge on any atom is 0.232 e. The molecule has 110 valence electrons. The van der Waals surface area contributed by atoms with Gasteiger partial charge in [0.25, 0.3) is 0 Å². The van der Waals surface area contributed by atoms with Crippen LogP contribution in [0.25, 0.3) is 0 Å². The number of carbonyl (C=O) groups is 1. The number of rotatable bonds is 3. The van der Waals surface area contributed by atoms with Crippen LogP contribution < -0.4 is 5.32 Å². The van der Waals surface area contributed by atoms with Crippen molar-refractivity contribution in [2.45, 2.75) is 13.0 Å². The molecule has 2 atom stereocenters. The van der Waals surface area contributed by atoms with Gasteiger partial charge in [0.1, 0.15) is 0 Å². The van der Waals surface area contributed by atoms with Crippen molar-refractivity contribution in [2.75, 3.05) is 33.4 Å². The minimum atomic E-state index is -0.373. The predicted octanol–water partition coefficient (Wildman–Crippen LogP) is 0.00460. The van der Waals surface area contributed by atoms with Crippen LogP contribution in [0.4, 0.5) is 0 Å². The number of carbonyl (C=O) groups excluding carboxylic acids is 1. The summed E-state index contributed by atoms with van der Waals surface area (Å²) in [5.74, 6) is 0.577. The highest BCUT2D eigenvalue weighted by Crippen LogP contribution is 2.39. The molecule has 2 fully saturated rings. The number of aryl methyl sites for hydroxylation is 1. The summed E-state index contributed by atoms with van der Waals surface area (Å²) in [6.45, 7) is 3.51. The second-order valence-corrected chi connectivity index (χ2v) is 5.97. The van der Waals surface area contributed by atoms with E-state index in [1.807, 2.05) is 26.4 Å². The van der Waals surface area contributed by atoms with Crippen molar-refractivity contribution in [1.29, 1.82) is 0 Å². The van der Waals surface area contributed by atoms with E-state index >= 15 is 0 Å². The third kappa shape index (κ3) is 2.23. The number of aromatic nitrogens is 2. The van der Waals surface area contributed by atoms with Gasteiger partial charge in [-0.05, 0) is 24.9 Å². The highest BCUT2D eigenvalue weighted by atomic mass is 16.5. The lowest BCUT2D eigenvalue weighted by atomic mass is 9.74. The van der Waals surface area contributed by atoms with Gasteiger partial charge in [-0.2, -0.15) is 5.10 Å². The Balaban J connectivity index is 1.73. The lowest BCUT2D eigenvalue weighted by Gasteiger charge is -2.39. The zero-order valence-corrected chi connectivity index (χ0v) is 12.1. The van der Waals surface area contributed by atoms with Crippen molar-refractivity contribution < 1.29 is 9.53 Å². The van der Waals surface area contributed by atoms with Crippen LogP contribution >= 0.6 is 0 Å². The van der Waals surface area contributed by atoms with Crippen LogP contribution in [-0.2, 0) is 23.1 Å². The number of amides is 1. The number of hydrogen-bond donors (Lipinski definition) is 1. The van der Waals surface area contributed by atoms with Gasteiger partial charge in [-0.25, -0.2) is 0 Å². The molecule has 1 amide bonds. The van der Waals surface area contributed by atoms with Gasteiger partial charge in [0.2, 0.25) is 5.91 Å². The molecule has 20 heavy (non-hydrogen) atoms. The van der Waals surface area contributed by atoms with Crippen LogP contribution in [0.5, 0.6) is 0 Å². The van der Waals surface area contributed by atoms with Gasteiger partial charge < -0.3 is 15.0 Å². The summed E-state index contributed by atoms with van der Waals surface area (Å²) in [4.78, 5) is 14.7. The van der Waals surface area contributed by atoms with E-state index in [0.717, 1.165) is 31.8 Å². The predicted molar refractivity (Wildman–Crippen MR) is 73.9 cm³/mol. The molecule has 1 N–H and O–H groups in total. The third-order valence-electron chi connectivity index (χ3n) is 4.52. The first-order valence-corrected chi connectivity index (χ1v) is 7.14. The lowest BCUT2D eigenvalue weighted by Crippen LogP contribution is -2.52. The molecular formula is C14H22N4O2. The monoisotopic (exact) mass is 278 g/mol. The minimum Gasteiger partial charge on any atom is -0.380 e. The fourth-order valence-corrected chi connectivity index (χ4v) is 3.39. The maximum atomic E-state index is 12.9. The molecule has 0 aliphatic carbocycles. The second-order valence-electron chi connectivity index (χ2n) is 5.97. The van der Waals surface area contributed by atoms with E-state index in [4.69, 9.17) is 4.74 Å². The summed E-state index contributed by atoms with van der Waals surface area (Å²) in [5, 5.41) is 7.70. The van der Waals surface area contributed by atoms with Crippen molar-refractivity contribution in [2.24, 2.45) is 18.4 Å². The van der Waals surface area contributed by atoms with Crippen LogP contribution in [-0.4, -0.2) is 53.9 Å². The van der Waals surface area contributed by atoms with Crippen LogP contribution in [0.15, 0.2) is 12.3 Å². The molecule has 0 spiro atoms. The molecular weight excluding hydrogens is 256 g/mol. The van der Waals surface area contributed by atoms with Crippen molar-refractivity contribution in [3.8, 4) is 0 Å². The zero-order valence-electron chi connectivity index (χ0n) is 12.1. The van der Waals surface area contributed by atoms with E-state index in [1.54, 1.807) is 9.58 Å². The van der Waals surface area contributed by atoms with Gasteiger partial charge in [-0.3, -0.25) is 9.48 Å². The number of ether oxygens (including phenoxy) is 1. The topological polar surface area (TPSA) is 59.4 Å². The van der Waals surface area contributed by atoms with Gasteiger partial charge in [-0.15, -0.1) is 0 Å². The van der Waals surface area contributed by atoms with Gasteiger partial charge in [0.05, 0.1) is 24.3 Å². The molecule has 0 radical (unpaired) electrons. The van der Waals surface area contributed by atoms with Crippen molar-refractivity contribution in [1.82, 2.24) is 20.0 Å². The Labute approximate surface area is 119 Å². The molecule has 2 aliphatic heterocycles. The summed E-state index contributed by atoms with van der Waals surface area (Å²) in [7, 11) is 3.74. The largest absolute Gasteiger partial charge is 0.380 e. The lowest BCUT2D eigenvalue weighted by molar-refractivity contribution is -0.151. The highest BCUT2D eigenvalue weighted by Gasteiger charge is 2.51. The van der Waals surface area contributed by atoms with Crippen LogP contribution in [0, 0.1) is 11.3 Å². The van der Waals surface area contributed by atoms with E-state index in [-0.39, 0.29) is 11.3 Å². The average Bonchev–Trinajstić information content (AvgIpc) is 3.04. The number of hydrogen-bond acceptors (Lipinski definition) is 4. The van der Waals surface area contributed by atoms with E-state index in [9.17, 15) is 4.79 Å². The molecule has 3 heterocycles. The molecule has 1 aromatic rings. The van der Waals surface area contributed by atoms with Crippen molar-refractivity contribution >= 4 is 5.91 Å². The molecule has 6 nitrogen and oxygen atoms in total. The van der Waals surface area contributed by atoms with Gasteiger partial charge in [0.15, 0.2) is 0 Å². The Morgan fingerprint density at radius 2 is 2.55 bits per heavy atom. The summed E-state index contributed by atoms with van der Waals surface area (Å²) in [6.07, 6.45) is 2.87. The summed E-state index contributed by atoms with van der Waals surface area (Å²) < 4.78 is 7.36. The normalized spacial score (nSPS) is 29.2. The Kier molecular flexibility index (Phi) is 3.52. The fourth-order valence-electron chi connectivity index (χ4n) is 3.39. The first-order chi connectivity index (χ1) is 9.62. The molecule has 3 rings (SSSR count). The Morgan fingerprint density at radius 1 is 1.70 bits per heavy atom. The van der Waals surface area contributed by atoms with E-state index in [0.29, 0.717) is 19.1 Å². The third-order valence-corrected chi connectivity index (χ3v) is 4.52. The van der Waals surface area contributed by atoms with Gasteiger partial charge in [0, 0.05) is 33.4 Å². The Hall–Kier alpha value is -1.40. The summed E-state index contributed by atoms with van der Waals surface area (Å²) in [6, 6.07) is 1.95. The average molecular weight is 278 g/mol. The van der Waals surface area contributed by atoms with E-state index < -0.39 is 0 Å². The second kappa shape index (κ2) is 5.18. The van der Waals surface area contributed by atoms with Crippen LogP contribution in [0.2, 0.25) is 0 Å².